The minimum Gasteiger partial charge on any atom is -0.487 e. The predicted molar refractivity (Wildman–Crippen MR) is 195 cm³/mol. The summed E-state index contributed by atoms with van der Waals surface area (Å²) in [7, 11) is -8.52. The topological polar surface area (TPSA) is 124 Å². The standard InChI is InChI=1S/C37H45ClN2O7S2/c1-6-7-10-21-39-30-14-9-8-13-28(30)36(2,3)34(39)20-18-32-35(38)26(25-47-32)15-19-33-37(4,5)29-24-27(49(44,45)46)16-17-31(29)40(33)22-11-12-23-48(41,42)43/h8-9,13-20,24H,6-7,10-12,21-23,25H2,1-5H3,(H-,41,42,43,44,45,46)/p+1. The molecule has 49 heavy (non-hydrogen) atoms. The van der Waals surface area contributed by atoms with Crippen molar-refractivity contribution in [1.29, 1.82) is 0 Å². The van der Waals surface area contributed by atoms with E-state index in [9.17, 15) is 25.9 Å². The summed E-state index contributed by atoms with van der Waals surface area (Å²) in [6, 6.07) is 13.0. The van der Waals surface area contributed by atoms with Crippen molar-refractivity contribution in [2.45, 2.75) is 82.4 Å². The van der Waals surface area contributed by atoms with Crippen molar-refractivity contribution in [2.75, 3.05) is 30.3 Å². The number of benzene rings is 2. The molecule has 2 N–H and O–H groups in total. The molecule has 264 valence electrons. The van der Waals surface area contributed by atoms with Crippen LogP contribution in [0.3, 0.4) is 0 Å². The van der Waals surface area contributed by atoms with Crippen LogP contribution in [0.4, 0.5) is 11.4 Å². The summed E-state index contributed by atoms with van der Waals surface area (Å²) in [4.78, 5) is 1.81. The van der Waals surface area contributed by atoms with E-state index in [2.05, 4.69) is 55.7 Å². The minimum atomic E-state index is -4.43. The normalized spacial score (nSPS) is 20.2. The van der Waals surface area contributed by atoms with Gasteiger partial charge >= 0.3 is 0 Å². The monoisotopic (exact) mass is 729 g/mol. The fraction of sp³-hybridized carbons (Fsp3) is 0.432. The molecule has 3 heterocycles. The van der Waals surface area contributed by atoms with Gasteiger partial charge < -0.3 is 9.64 Å². The molecule has 9 nitrogen and oxygen atoms in total. The Morgan fingerprint density at radius 3 is 2.35 bits per heavy atom. The van der Waals surface area contributed by atoms with Gasteiger partial charge in [0.2, 0.25) is 5.69 Å². The minimum absolute atomic E-state index is 0.197. The summed E-state index contributed by atoms with van der Waals surface area (Å²) >= 11 is 6.92. The van der Waals surface area contributed by atoms with E-state index in [1.54, 1.807) is 6.07 Å². The first-order chi connectivity index (χ1) is 23.0. The van der Waals surface area contributed by atoms with Gasteiger partial charge in [0.15, 0.2) is 5.71 Å². The van der Waals surface area contributed by atoms with Crippen LogP contribution in [0.1, 0.15) is 77.8 Å². The Balaban J connectivity index is 1.47. The third kappa shape index (κ3) is 7.76. The average molecular weight is 730 g/mol. The molecule has 0 unspecified atom stereocenters. The maximum Gasteiger partial charge on any atom is 0.294 e. The number of para-hydroxylation sites is 1. The molecule has 0 fully saturated rings. The third-order valence-electron chi connectivity index (χ3n) is 9.70. The lowest BCUT2D eigenvalue weighted by Gasteiger charge is -2.27. The van der Waals surface area contributed by atoms with E-state index in [0.29, 0.717) is 29.3 Å². The number of anilines is 1. The maximum absolute atomic E-state index is 12.0. The maximum atomic E-state index is 12.0. The number of allylic oxidation sites excluding steroid dienone is 5. The van der Waals surface area contributed by atoms with Crippen molar-refractivity contribution < 1.29 is 35.3 Å². The highest BCUT2D eigenvalue weighted by Crippen LogP contribution is 2.49. The molecule has 2 aromatic carbocycles. The number of hydrogen-bond acceptors (Lipinski definition) is 6. The van der Waals surface area contributed by atoms with Crippen molar-refractivity contribution in [3.63, 3.8) is 0 Å². The van der Waals surface area contributed by atoms with Crippen molar-refractivity contribution in [3.05, 3.63) is 100.0 Å². The molecule has 0 atom stereocenters. The molecule has 2 aromatic rings. The highest BCUT2D eigenvalue weighted by atomic mass is 35.5. The molecule has 0 radical (unpaired) electrons. The van der Waals surface area contributed by atoms with E-state index < -0.39 is 25.7 Å². The van der Waals surface area contributed by atoms with Gasteiger partial charge in [0.05, 0.1) is 21.1 Å². The second-order valence-corrected chi connectivity index (χ2v) is 17.2. The molecule has 0 aromatic heterocycles. The number of rotatable bonds is 13. The van der Waals surface area contributed by atoms with Crippen LogP contribution in [0.5, 0.6) is 0 Å². The zero-order valence-electron chi connectivity index (χ0n) is 28.7. The van der Waals surface area contributed by atoms with E-state index in [0.717, 1.165) is 42.8 Å². The summed E-state index contributed by atoms with van der Waals surface area (Å²) in [6.07, 6.45) is 12.0. The van der Waals surface area contributed by atoms with Crippen molar-refractivity contribution >= 4 is 48.9 Å². The second-order valence-electron chi connectivity index (χ2n) is 13.9. The number of hydrogen-bond donors (Lipinski definition) is 2. The lowest BCUT2D eigenvalue weighted by molar-refractivity contribution is -0.438. The van der Waals surface area contributed by atoms with Crippen LogP contribution in [0, 0.1) is 0 Å². The average Bonchev–Trinajstić information content (AvgIpc) is 3.56. The Labute approximate surface area is 295 Å². The fourth-order valence-electron chi connectivity index (χ4n) is 7.03. The van der Waals surface area contributed by atoms with Crippen LogP contribution >= 0.6 is 11.6 Å². The molecule has 0 amide bonds. The number of unbranched alkanes of at least 4 members (excludes halogenated alkanes) is 3. The largest absolute Gasteiger partial charge is 0.487 e. The first-order valence-electron chi connectivity index (χ1n) is 16.7. The van der Waals surface area contributed by atoms with Gasteiger partial charge in [0, 0.05) is 53.0 Å². The smallest absolute Gasteiger partial charge is 0.294 e. The van der Waals surface area contributed by atoms with E-state index >= 15 is 0 Å². The van der Waals surface area contributed by atoms with Crippen molar-refractivity contribution in [3.8, 4) is 0 Å². The Morgan fingerprint density at radius 2 is 1.65 bits per heavy atom. The Hall–Kier alpha value is -3.22. The number of ether oxygens (including phenoxy) is 1. The van der Waals surface area contributed by atoms with Gasteiger partial charge in [-0.3, -0.25) is 9.11 Å². The van der Waals surface area contributed by atoms with Crippen LogP contribution in [-0.4, -0.2) is 61.7 Å². The summed E-state index contributed by atoms with van der Waals surface area (Å²) in [5, 5.41) is 0.501. The van der Waals surface area contributed by atoms with Crippen LogP contribution in [0.25, 0.3) is 0 Å². The molecule has 0 spiro atoms. The molecule has 0 bridgehead atoms. The zero-order chi connectivity index (χ0) is 35.8. The Kier molecular flexibility index (Phi) is 10.7. The summed E-state index contributed by atoms with van der Waals surface area (Å²) < 4.78 is 74.0. The van der Waals surface area contributed by atoms with Gasteiger partial charge in [-0.1, -0.05) is 63.1 Å². The van der Waals surface area contributed by atoms with E-state index in [1.165, 1.54) is 29.1 Å². The lowest BCUT2D eigenvalue weighted by Crippen LogP contribution is -2.28. The van der Waals surface area contributed by atoms with Gasteiger partial charge in [-0.05, 0) is 69.0 Å². The van der Waals surface area contributed by atoms with Gasteiger partial charge in [-0.2, -0.15) is 21.4 Å². The van der Waals surface area contributed by atoms with Gasteiger partial charge in [-0.15, -0.1) is 0 Å². The highest BCUT2D eigenvalue weighted by molar-refractivity contribution is 7.86. The molecular weight excluding hydrogens is 684 g/mol. The van der Waals surface area contributed by atoms with Crippen LogP contribution in [-0.2, 0) is 35.8 Å². The van der Waals surface area contributed by atoms with Crippen molar-refractivity contribution in [1.82, 2.24) is 0 Å². The first kappa shape index (κ1) is 37.0. The number of fused-ring (bicyclic) bond motifs is 2. The van der Waals surface area contributed by atoms with Crippen LogP contribution < -0.4 is 4.90 Å². The van der Waals surface area contributed by atoms with Gasteiger partial charge in [0.25, 0.3) is 20.2 Å². The van der Waals surface area contributed by atoms with E-state index in [1.807, 2.05) is 37.0 Å². The summed E-state index contributed by atoms with van der Waals surface area (Å²) in [5.74, 6) is 0.224. The fourth-order valence-corrected chi connectivity index (χ4v) is 8.34. The van der Waals surface area contributed by atoms with Crippen LogP contribution in [0.2, 0.25) is 0 Å². The van der Waals surface area contributed by atoms with E-state index in [4.69, 9.17) is 16.3 Å². The molecule has 3 aliphatic rings. The lowest BCUT2D eigenvalue weighted by atomic mass is 9.81. The first-order valence-corrected chi connectivity index (χ1v) is 20.1. The van der Waals surface area contributed by atoms with Gasteiger partial charge in [0.1, 0.15) is 18.9 Å². The Bertz CT molecular complexity index is 2010. The second kappa shape index (κ2) is 14.2. The van der Waals surface area contributed by atoms with Gasteiger partial charge in [-0.25, -0.2) is 0 Å². The molecule has 0 saturated heterocycles. The molecule has 3 aliphatic heterocycles. The summed E-state index contributed by atoms with van der Waals surface area (Å²) in [5.41, 5.74) is 5.91. The number of halogens is 1. The molecular formula is C37H46ClN2O7S2+. The summed E-state index contributed by atoms with van der Waals surface area (Å²) in [6.45, 7) is 12.2. The quantitative estimate of drug-likeness (QED) is 0.122. The third-order valence-corrected chi connectivity index (χ3v) is 11.8. The molecule has 0 saturated carbocycles. The predicted octanol–water partition coefficient (Wildman–Crippen LogP) is 7.81. The highest BCUT2D eigenvalue weighted by Gasteiger charge is 2.44. The van der Waals surface area contributed by atoms with Crippen molar-refractivity contribution in [2.24, 2.45) is 0 Å². The van der Waals surface area contributed by atoms with Crippen LogP contribution in [0.15, 0.2) is 93.7 Å². The van der Waals surface area contributed by atoms with E-state index in [-0.39, 0.29) is 29.1 Å². The molecule has 12 heteroatoms. The molecule has 5 rings (SSSR count). The number of nitrogens with zero attached hydrogens (tertiary/aromatic N) is 2. The SMILES string of the molecule is CCCCC[N+]1=C(/C=C/C2=C(Cl)C(=C/C=C3/N(CCCCS(=O)(=O)O)c4ccc(S(=O)(=O)O)cc4C3(C)C)/CO2)C(C)(C)c2ccccc21. The molecule has 0 aliphatic carbocycles. The zero-order valence-corrected chi connectivity index (χ0v) is 31.1. The Morgan fingerprint density at radius 1 is 0.918 bits per heavy atom.